The van der Waals surface area contributed by atoms with Crippen molar-refractivity contribution in [3.05, 3.63) is 186 Å². The van der Waals surface area contributed by atoms with Gasteiger partial charge in [0.1, 0.15) is 11.2 Å². The third-order valence-electron chi connectivity index (χ3n) is 8.89. The van der Waals surface area contributed by atoms with Gasteiger partial charge in [0.05, 0.1) is 12.0 Å². The molecular weight excluding hydrogens is 574 g/mol. The van der Waals surface area contributed by atoms with Crippen molar-refractivity contribution >= 4 is 44.4 Å². The van der Waals surface area contributed by atoms with Crippen LogP contribution in [0.3, 0.4) is 0 Å². The number of rotatable bonds is 5. The molecule has 8 aromatic rings. The van der Waals surface area contributed by atoms with E-state index in [1.807, 2.05) is 48.5 Å². The van der Waals surface area contributed by atoms with E-state index in [9.17, 15) is 0 Å². The van der Waals surface area contributed by atoms with Crippen molar-refractivity contribution in [2.45, 2.75) is 6.17 Å². The van der Waals surface area contributed by atoms with Crippen molar-refractivity contribution in [2.24, 2.45) is 9.98 Å². The summed E-state index contributed by atoms with van der Waals surface area (Å²) in [5.41, 5.74) is 9.31. The standard InChI is InChI=1S/C43H28N3O/c1-4-14-28(15-5-1)31-26-27-38-40(36-22-12-13-23-37(36)47-38)39(31)34-24-25-35(33-21-11-10-20-32(33)34)43-45-41(29-16-6-2-7-17-29)44-42(46-43)30-18-8-3-9-19-30/h1-27,41H/q-1. The maximum Gasteiger partial charge on any atom is 0.136 e. The summed E-state index contributed by atoms with van der Waals surface area (Å²) < 4.78 is 6.40. The van der Waals surface area contributed by atoms with Crippen LogP contribution < -0.4 is 0 Å². The molecule has 47 heavy (non-hydrogen) atoms. The minimum Gasteiger partial charge on any atom is -0.456 e. The summed E-state index contributed by atoms with van der Waals surface area (Å²) in [6.45, 7) is 0. The van der Waals surface area contributed by atoms with E-state index < -0.39 is 6.17 Å². The molecule has 0 saturated carbocycles. The van der Waals surface area contributed by atoms with Gasteiger partial charge in [-0.1, -0.05) is 157 Å². The van der Waals surface area contributed by atoms with Crippen molar-refractivity contribution < 1.29 is 4.42 Å². The summed E-state index contributed by atoms with van der Waals surface area (Å²) in [5.74, 6) is 1.35. The molecule has 7 aromatic carbocycles. The quantitative estimate of drug-likeness (QED) is 0.193. The topological polar surface area (TPSA) is 52.0 Å². The van der Waals surface area contributed by atoms with Crippen molar-refractivity contribution in [1.29, 1.82) is 0 Å². The first-order valence-electron chi connectivity index (χ1n) is 15.8. The average Bonchev–Trinajstić information content (AvgIpc) is 3.54. The van der Waals surface area contributed by atoms with E-state index in [0.29, 0.717) is 11.7 Å². The highest BCUT2D eigenvalue weighted by atomic mass is 16.3. The zero-order valence-corrected chi connectivity index (χ0v) is 25.4. The van der Waals surface area contributed by atoms with Crippen LogP contribution >= 0.6 is 0 Å². The van der Waals surface area contributed by atoms with E-state index in [0.717, 1.165) is 71.7 Å². The highest BCUT2D eigenvalue weighted by molar-refractivity contribution is 6.24. The Kier molecular flexibility index (Phi) is 6.50. The monoisotopic (exact) mass is 602 g/mol. The first-order chi connectivity index (χ1) is 23.3. The molecule has 0 aliphatic carbocycles. The van der Waals surface area contributed by atoms with Crippen molar-refractivity contribution in [3.63, 3.8) is 0 Å². The molecule has 0 N–H and O–H groups in total. The van der Waals surface area contributed by atoms with E-state index >= 15 is 0 Å². The van der Waals surface area contributed by atoms with Gasteiger partial charge in [-0.2, -0.15) is 0 Å². The Bertz CT molecular complexity index is 2480. The molecule has 0 bridgehead atoms. The van der Waals surface area contributed by atoms with Gasteiger partial charge in [0.25, 0.3) is 0 Å². The summed E-state index contributed by atoms with van der Waals surface area (Å²) in [6, 6.07) is 56.5. The van der Waals surface area contributed by atoms with Crippen LogP contribution in [0.2, 0.25) is 0 Å². The Hall–Kier alpha value is -6.26. The highest BCUT2D eigenvalue weighted by Crippen LogP contribution is 2.45. The number of para-hydroxylation sites is 1. The second-order valence-electron chi connectivity index (χ2n) is 11.7. The van der Waals surface area contributed by atoms with Crippen LogP contribution in [0.4, 0.5) is 0 Å². The second-order valence-corrected chi connectivity index (χ2v) is 11.7. The molecule has 0 radical (unpaired) electrons. The molecule has 0 spiro atoms. The van der Waals surface area contributed by atoms with Gasteiger partial charge in [0, 0.05) is 21.9 Å². The number of benzene rings is 7. The van der Waals surface area contributed by atoms with Gasteiger partial charge >= 0.3 is 0 Å². The molecular formula is C43H28N3O-. The maximum atomic E-state index is 6.40. The number of furan rings is 1. The summed E-state index contributed by atoms with van der Waals surface area (Å²) in [4.78, 5) is 10.2. The minimum absolute atomic E-state index is 0.395. The summed E-state index contributed by atoms with van der Waals surface area (Å²) >= 11 is 0. The third kappa shape index (κ3) is 4.70. The van der Waals surface area contributed by atoms with Gasteiger partial charge in [-0.3, -0.25) is 4.99 Å². The van der Waals surface area contributed by atoms with Crippen LogP contribution in [-0.4, -0.2) is 11.7 Å². The molecule has 0 saturated heterocycles. The lowest BCUT2D eigenvalue weighted by molar-refractivity contribution is 0.669. The normalized spacial score (nSPS) is 14.6. The zero-order chi connectivity index (χ0) is 31.2. The average molecular weight is 603 g/mol. The van der Waals surface area contributed by atoms with E-state index in [1.165, 1.54) is 0 Å². The lowest BCUT2D eigenvalue weighted by Gasteiger charge is -2.32. The van der Waals surface area contributed by atoms with Crippen molar-refractivity contribution in [1.82, 2.24) is 0 Å². The maximum absolute atomic E-state index is 6.40. The number of aliphatic imine (C=N–C) groups is 2. The fourth-order valence-corrected chi connectivity index (χ4v) is 6.72. The van der Waals surface area contributed by atoms with Gasteiger partial charge in [-0.25, -0.2) is 0 Å². The largest absolute Gasteiger partial charge is 0.456 e. The van der Waals surface area contributed by atoms with Gasteiger partial charge in [0.2, 0.25) is 0 Å². The Morgan fingerprint density at radius 2 is 1.04 bits per heavy atom. The predicted octanol–water partition coefficient (Wildman–Crippen LogP) is 11.4. The van der Waals surface area contributed by atoms with Crippen molar-refractivity contribution in [2.75, 3.05) is 0 Å². The Morgan fingerprint density at radius 1 is 0.468 bits per heavy atom. The number of amidine groups is 2. The van der Waals surface area contributed by atoms with Crippen LogP contribution in [0.25, 0.3) is 60.3 Å². The molecule has 1 unspecified atom stereocenters. The van der Waals surface area contributed by atoms with E-state index in [-0.39, 0.29) is 0 Å². The summed E-state index contributed by atoms with van der Waals surface area (Å²) in [7, 11) is 0. The Morgan fingerprint density at radius 3 is 1.79 bits per heavy atom. The van der Waals surface area contributed by atoms with Gasteiger partial charge < -0.3 is 14.7 Å². The molecule has 1 aromatic heterocycles. The fraction of sp³-hybridized carbons (Fsp3) is 0.0233. The van der Waals surface area contributed by atoms with E-state index in [2.05, 4.69) is 115 Å². The number of fused-ring (bicyclic) bond motifs is 4. The Balaban J connectivity index is 1.30. The number of hydrogen-bond donors (Lipinski definition) is 0. The molecule has 1 aliphatic heterocycles. The predicted molar refractivity (Wildman–Crippen MR) is 194 cm³/mol. The number of nitrogens with zero attached hydrogens (tertiary/aromatic N) is 3. The van der Waals surface area contributed by atoms with E-state index in [4.69, 9.17) is 19.7 Å². The molecule has 0 fully saturated rings. The highest BCUT2D eigenvalue weighted by Gasteiger charge is 2.21. The van der Waals surface area contributed by atoms with Crippen LogP contribution in [0.5, 0.6) is 0 Å². The van der Waals surface area contributed by atoms with Gasteiger partial charge in [-0.05, 0) is 50.7 Å². The lowest BCUT2D eigenvalue weighted by Crippen LogP contribution is -2.16. The SMILES string of the molecule is c1ccc(C2=NC(c3ccc(-c4c(-c5ccccc5)ccc5oc6ccccc6c45)c4ccccc34)=NC(c3ccccc3)[N-]2)cc1. The molecule has 222 valence electrons. The Labute approximate surface area is 272 Å². The summed E-state index contributed by atoms with van der Waals surface area (Å²) in [6.07, 6.45) is -0.395. The molecule has 9 rings (SSSR count). The minimum atomic E-state index is -0.395. The molecule has 4 nitrogen and oxygen atoms in total. The van der Waals surface area contributed by atoms with Crippen LogP contribution in [0.1, 0.15) is 22.9 Å². The zero-order valence-electron chi connectivity index (χ0n) is 25.4. The summed E-state index contributed by atoms with van der Waals surface area (Å²) in [5, 5.41) is 9.42. The van der Waals surface area contributed by atoms with Crippen LogP contribution in [-0.2, 0) is 0 Å². The van der Waals surface area contributed by atoms with Crippen LogP contribution in [0.15, 0.2) is 178 Å². The molecule has 2 heterocycles. The third-order valence-corrected chi connectivity index (χ3v) is 8.89. The van der Waals surface area contributed by atoms with E-state index in [1.54, 1.807) is 0 Å². The second kappa shape index (κ2) is 11.3. The number of hydrogen-bond acceptors (Lipinski definition) is 3. The molecule has 4 heteroatoms. The first kappa shape index (κ1) is 27.1. The smallest absolute Gasteiger partial charge is 0.136 e. The lowest BCUT2D eigenvalue weighted by atomic mass is 9.87. The molecule has 0 amide bonds. The van der Waals surface area contributed by atoms with Gasteiger partial charge in [0.15, 0.2) is 0 Å². The van der Waals surface area contributed by atoms with Crippen molar-refractivity contribution in [3.8, 4) is 22.3 Å². The molecule has 1 aliphatic rings. The van der Waals surface area contributed by atoms with Crippen LogP contribution in [0, 0.1) is 0 Å². The first-order valence-corrected chi connectivity index (χ1v) is 15.8. The van der Waals surface area contributed by atoms with Gasteiger partial charge in [-0.15, -0.1) is 0 Å². The molecule has 1 atom stereocenters. The fourth-order valence-electron chi connectivity index (χ4n) is 6.72.